The monoisotopic (exact) mass is 325 g/mol. The highest BCUT2D eigenvalue weighted by Crippen LogP contribution is 2.20. The Morgan fingerprint density at radius 1 is 1.30 bits per heavy atom. The van der Waals surface area contributed by atoms with Gasteiger partial charge in [0.05, 0.1) is 24.4 Å². The molecule has 2 aromatic rings. The Morgan fingerprint density at radius 3 is 2.61 bits per heavy atom. The van der Waals surface area contributed by atoms with Crippen molar-refractivity contribution in [2.24, 2.45) is 0 Å². The third-order valence-corrected chi connectivity index (χ3v) is 3.38. The van der Waals surface area contributed by atoms with E-state index in [1.807, 2.05) is 6.07 Å². The summed E-state index contributed by atoms with van der Waals surface area (Å²) in [7, 11) is 0. The van der Waals surface area contributed by atoms with Crippen molar-refractivity contribution in [3.05, 3.63) is 45.1 Å². The maximum absolute atomic E-state index is 12.2. The molecule has 0 N–H and O–H groups in total. The third kappa shape index (κ3) is 3.97. The Labute approximate surface area is 129 Å². The quantitative estimate of drug-likeness (QED) is 0.860. The first-order valence-corrected chi connectivity index (χ1v) is 6.79. The molecule has 2 heterocycles. The van der Waals surface area contributed by atoms with Gasteiger partial charge in [-0.25, -0.2) is 4.68 Å². The van der Waals surface area contributed by atoms with Crippen molar-refractivity contribution < 1.29 is 13.2 Å². The lowest BCUT2D eigenvalue weighted by atomic mass is 10.1. The highest BCUT2D eigenvalue weighted by Gasteiger charge is 2.26. The second kappa shape index (κ2) is 6.24. The predicted octanol–water partition coefficient (Wildman–Crippen LogP) is 1.93. The molecule has 0 radical (unpaired) electrons. The SMILES string of the molecule is Cc1nn(Cc2ccn(CCC(F)(F)F)n2)c(=O)c(C#N)c1C. The number of nitriles is 1. The van der Waals surface area contributed by atoms with Gasteiger partial charge in [-0.3, -0.25) is 9.48 Å². The normalized spacial score (nSPS) is 11.5. The smallest absolute Gasteiger partial charge is 0.272 e. The first-order chi connectivity index (χ1) is 10.7. The van der Waals surface area contributed by atoms with Crippen LogP contribution in [0.15, 0.2) is 17.1 Å². The molecule has 0 bridgehead atoms. The number of halogens is 3. The van der Waals surface area contributed by atoms with Crippen molar-refractivity contribution in [2.75, 3.05) is 0 Å². The predicted molar refractivity (Wildman–Crippen MR) is 74.7 cm³/mol. The first-order valence-electron chi connectivity index (χ1n) is 6.79. The number of alkyl halides is 3. The van der Waals surface area contributed by atoms with Gasteiger partial charge in [0, 0.05) is 12.7 Å². The minimum Gasteiger partial charge on any atom is -0.272 e. The maximum Gasteiger partial charge on any atom is 0.390 e. The highest BCUT2D eigenvalue weighted by molar-refractivity contribution is 5.36. The lowest BCUT2D eigenvalue weighted by Gasteiger charge is -2.08. The summed E-state index contributed by atoms with van der Waals surface area (Å²) in [6.07, 6.45) is -3.81. The van der Waals surface area contributed by atoms with Crippen molar-refractivity contribution >= 4 is 0 Å². The van der Waals surface area contributed by atoms with Crippen LogP contribution >= 0.6 is 0 Å². The Bertz CT molecular complexity index is 813. The topological polar surface area (TPSA) is 76.5 Å². The second-order valence-corrected chi connectivity index (χ2v) is 5.10. The van der Waals surface area contributed by atoms with E-state index in [9.17, 15) is 18.0 Å². The van der Waals surface area contributed by atoms with Crippen LogP contribution in [0, 0.1) is 25.2 Å². The van der Waals surface area contributed by atoms with Crippen molar-refractivity contribution in [3.8, 4) is 6.07 Å². The van der Waals surface area contributed by atoms with Gasteiger partial charge < -0.3 is 0 Å². The number of aromatic nitrogens is 4. The van der Waals surface area contributed by atoms with Crippen LogP contribution in [-0.2, 0) is 13.1 Å². The lowest BCUT2D eigenvalue weighted by Crippen LogP contribution is -2.28. The number of rotatable bonds is 4. The maximum atomic E-state index is 12.2. The Hall–Kier alpha value is -2.63. The molecule has 0 aliphatic heterocycles. The molecule has 0 saturated heterocycles. The molecule has 2 aromatic heterocycles. The van der Waals surface area contributed by atoms with Gasteiger partial charge in [-0.15, -0.1) is 0 Å². The van der Waals surface area contributed by atoms with Crippen LogP contribution in [0.2, 0.25) is 0 Å². The van der Waals surface area contributed by atoms with Crippen LogP contribution in [-0.4, -0.2) is 25.7 Å². The fraction of sp³-hybridized carbons (Fsp3) is 0.429. The summed E-state index contributed by atoms with van der Waals surface area (Å²) in [5.41, 5.74) is 0.922. The molecule has 9 heteroatoms. The van der Waals surface area contributed by atoms with Crippen molar-refractivity contribution in [3.63, 3.8) is 0 Å². The fourth-order valence-corrected chi connectivity index (χ4v) is 2.02. The fourth-order valence-electron chi connectivity index (χ4n) is 2.02. The molecule has 0 aliphatic rings. The van der Waals surface area contributed by atoms with E-state index < -0.39 is 18.2 Å². The van der Waals surface area contributed by atoms with E-state index in [1.165, 1.54) is 16.9 Å². The summed E-state index contributed by atoms with van der Waals surface area (Å²) in [4.78, 5) is 12.1. The molecule has 2 rings (SSSR count). The van der Waals surface area contributed by atoms with Crippen molar-refractivity contribution in [1.29, 1.82) is 5.26 Å². The van der Waals surface area contributed by atoms with Gasteiger partial charge in [-0.05, 0) is 25.5 Å². The highest BCUT2D eigenvalue weighted by atomic mass is 19.4. The molecule has 0 aliphatic carbocycles. The minimum absolute atomic E-state index is 0.00630. The molecule has 0 spiro atoms. The lowest BCUT2D eigenvalue weighted by molar-refractivity contribution is -0.137. The summed E-state index contributed by atoms with van der Waals surface area (Å²) in [6, 6.07) is 3.37. The standard InChI is InChI=1S/C14H14F3N5O/c1-9-10(2)19-22(13(23)12(9)7-18)8-11-3-5-21(20-11)6-4-14(15,16)17/h3,5H,4,6,8H2,1-2H3. The largest absolute Gasteiger partial charge is 0.390 e. The molecule has 23 heavy (non-hydrogen) atoms. The van der Waals surface area contributed by atoms with Crippen LogP contribution in [0.3, 0.4) is 0 Å². The third-order valence-electron chi connectivity index (χ3n) is 3.38. The summed E-state index contributed by atoms with van der Waals surface area (Å²) in [5.74, 6) is 0. The van der Waals surface area contributed by atoms with Gasteiger partial charge in [0.1, 0.15) is 11.6 Å². The van der Waals surface area contributed by atoms with E-state index in [0.717, 1.165) is 4.68 Å². The average molecular weight is 325 g/mol. The molecule has 0 amide bonds. The number of aryl methyl sites for hydroxylation is 2. The van der Waals surface area contributed by atoms with Gasteiger partial charge in [0.15, 0.2) is 0 Å². The molecular formula is C14H14F3N5O. The van der Waals surface area contributed by atoms with E-state index in [1.54, 1.807) is 13.8 Å². The molecule has 0 unspecified atom stereocenters. The van der Waals surface area contributed by atoms with Crippen LogP contribution in [0.4, 0.5) is 13.2 Å². The number of hydrogen-bond donors (Lipinski definition) is 0. The second-order valence-electron chi connectivity index (χ2n) is 5.10. The first kappa shape index (κ1) is 16.7. The van der Waals surface area contributed by atoms with E-state index >= 15 is 0 Å². The summed E-state index contributed by atoms with van der Waals surface area (Å²) >= 11 is 0. The Balaban J connectivity index is 2.21. The molecule has 0 aromatic carbocycles. The van der Waals surface area contributed by atoms with Crippen LogP contribution < -0.4 is 5.56 Å². The zero-order valence-corrected chi connectivity index (χ0v) is 12.6. The Kier molecular flexibility index (Phi) is 4.54. The van der Waals surface area contributed by atoms with Gasteiger partial charge in [-0.1, -0.05) is 0 Å². The van der Waals surface area contributed by atoms with Gasteiger partial charge in [-0.2, -0.15) is 28.6 Å². The van der Waals surface area contributed by atoms with Crippen LogP contribution in [0.25, 0.3) is 0 Å². The zero-order chi connectivity index (χ0) is 17.2. The van der Waals surface area contributed by atoms with Crippen molar-refractivity contribution in [1.82, 2.24) is 19.6 Å². The molecule has 0 saturated carbocycles. The molecule has 0 fully saturated rings. The van der Waals surface area contributed by atoms with Gasteiger partial charge in [0.25, 0.3) is 5.56 Å². The summed E-state index contributed by atoms with van der Waals surface area (Å²) < 4.78 is 38.8. The van der Waals surface area contributed by atoms with E-state index in [4.69, 9.17) is 5.26 Å². The van der Waals surface area contributed by atoms with Crippen molar-refractivity contribution in [2.45, 2.75) is 39.5 Å². The zero-order valence-electron chi connectivity index (χ0n) is 12.6. The molecule has 122 valence electrons. The number of nitrogens with zero attached hydrogens (tertiary/aromatic N) is 5. The molecule has 0 atom stereocenters. The van der Waals surface area contributed by atoms with Crippen LogP contribution in [0.1, 0.15) is 28.9 Å². The minimum atomic E-state index is -4.25. The Morgan fingerprint density at radius 2 is 2.00 bits per heavy atom. The number of hydrogen-bond acceptors (Lipinski definition) is 4. The molecule has 6 nitrogen and oxygen atoms in total. The van der Waals surface area contributed by atoms with Gasteiger partial charge in [0.2, 0.25) is 0 Å². The summed E-state index contributed by atoms with van der Waals surface area (Å²) in [6.45, 7) is 3.02. The molecular weight excluding hydrogens is 311 g/mol. The summed E-state index contributed by atoms with van der Waals surface area (Å²) in [5, 5.41) is 17.1. The van der Waals surface area contributed by atoms with E-state index in [-0.39, 0.29) is 18.7 Å². The average Bonchev–Trinajstić information content (AvgIpc) is 2.90. The van der Waals surface area contributed by atoms with Crippen LogP contribution in [0.5, 0.6) is 0 Å². The van der Waals surface area contributed by atoms with E-state index in [2.05, 4.69) is 10.2 Å². The van der Waals surface area contributed by atoms with E-state index in [0.29, 0.717) is 17.0 Å². The van der Waals surface area contributed by atoms with Gasteiger partial charge >= 0.3 is 6.18 Å².